The van der Waals surface area contributed by atoms with E-state index in [-0.39, 0.29) is 12.6 Å². The van der Waals surface area contributed by atoms with Crippen LogP contribution in [0.5, 0.6) is 0 Å². The fraction of sp³-hybridized carbons (Fsp3) is 0.316. The van der Waals surface area contributed by atoms with Crippen LogP contribution in [0.3, 0.4) is 0 Å². The molecule has 0 unspecified atom stereocenters. The van der Waals surface area contributed by atoms with Crippen molar-refractivity contribution in [1.82, 2.24) is 19.6 Å². The number of methoxy groups -OCH3 is 1. The normalized spacial score (nSPS) is 14.5. The predicted molar refractivity (Wildman–Crippen MR) is 110 cm³/mol. The van der Waals surface area contributed by atoms with Gasteiger partial charge in [-0.1, -0.05) is 15.9 Å². The van der Waals surface area contributed by atoms with Gasteiger partial charge in [0.25, 0.3) is 0 Å². The van der Waals surface area contributed by atoms with Gasteiger partial charge in [0.2, 0.25) is 0 Å². The van der Waals surface area contributed by atoms with Crippen LogP contribution < -0.4 is 10.2 Å². The average molecular weight is 446 g/mol. The highest BCUT2D eigenvalue weighted by Gasteiger charge is 2.24. The highest BCUT2D eigenvalue weighted by atomic mass is 79.9. The highest BCUT2D eigenvalue weighted by molar-refractivity contribution is 9.10. The van der Waals surface area contributed by atoms with Gasteiger partial charge in [-0.15, -0.1) is 0 Å². The maximum absolute atomic E-state index is 12.2. The Morgan fingerprint density at radius 2 is 1.96 bits per heavy atom. The van der Waals surface area contributed by atoms with E-state index in [9.17, 15) is 9.59 Å². The van der Waals surface area contributed by atoms with E-state index < -0.39 is 5.97 Å². The molecule has 0 saturated carbocycles. The Hall–Kier alpha value is -2.81. The first-order valence-corrected chi connectivity index (χ1v) is 9.77. The molecule has 0 atom stereocenters. The third kappa shape index (κ3) is 3.49. The SMILES string of the molecule is COC(=O)CNC(=O)N1CCN(c2nc3cc(Br)ccc3n3cccc23)CC1. The first-order chi connectivity index (χ1) is 13.6. The van der Waals surface area contributed by atoms with Gasteiger partial charge in [-0.05, 0) is 30.3 Å². The summed E-state index contributed by atoms with van der Waals surface area (Å²) >= 11 is 3.51. The summed E-state index contributed by atoms with van der Waals surface area (Å²) in [5.41, 5.74) is 3.00. The molecular weight excluding hydrogens is 426 g/mol. The van der Waals surface area contributed by atoms with Crippen LogP contribution in [0.25, 0.3) is 16.6 Å². The van der Waals surface area contributed by atoms with Crippen molar-refractivity contribution >= 4 is 50.3 Å². The molecule has 0 aliphatic carbocycles. The number of amides is 2. The number of fused-ring (bicyclic) bond motifs is 3. The number of urea groups is 1. The molecule has 146 valence electrons. The molecule has 1 aliphatic rings. The number of aromatic nitrogens is 2. The van der Waals surface area contributed by atoms with Crippen LogP contribution in [-0.2, 0) is 9.53 Å². The van der Waals surface area contributed by atoms with Gasteiger partial charge in [0.15, 0.2) is 5.82 Å². The Morgan fingerprint density at radius 3 is 2.71 bits per heavy atom. The van der Waals surface area contributed by atoms with E-state index >= 15 is 0 Å². The molecule has 1 aromatic carbocycles. The van der Waals surface area contributed by atoms with E-state index in [0.717, 1.165) is 26.8 Å². The van der Waals surface area contributed by atoms with Crippen molar-refractivity contribution in [1.29, 1.82) is 0 Å². The number of rotatable bonds is 3. The van der Waals surface area contributed by atoms with Gasteiger partial charge >= 0.3 is 12.0 Å². The zero-order valence-electron chi connectivity index (χ0n) is 15.4. The Labute approximate surface area is 170 Å². The Bertz CT molecular complexity index is 1040. The van der Waals surface area contributed by atoms with E-state index in [2.05, 4.69) is 41.4 Å². The second-order valence-corrected chi connectivity index (χ2v) is 7.46. The highest BCUT2D eigenvalue weighted by Crippen LogP contribution is 2.27. The molecule has 1 aliphatic heterocycles. The van der Waals surface area contributed by atoms with E-state index in [1.165, 1.54) is 7.11 Å². The Balaban J connectivity index is 1.53. The number of nitrogens with one attached hydrogen (secondary N) is 1. The van der Waals surface area contributed by atoms with Gasteiger partial charge in [-0.25, -0.2) is 9.78 Å². The van der Waals surface area contributed by atoms with Gasteiger partial charge in [0.05, 0.1) is 23.7 Å². The Morgan fingerprint density at radius 1 is 1.18 bits per heavy atom. The number of ether oxygens (including phenoxy) is 1. The molecule has 3 aromatic rings. The minimum absolute atomic E-state index is 0.124. The van der Waals surface area contributed by atoms with E-state index in [0.29, 0.717) is 26.2 Å². The van der Waals surface area contributed by atoms with Gasteiger partial charge < -0.3 is 24.3 Å². The van der Waals surface area contributed by atoms with Gasteiger partial charge in [-0.2, -0.15) is 0 Å². The van der Waals surface area contributed by atoms with Gasteiger partial charge in [0, 0.05) is 36.8 Å². The largest absolute Gasteiger partial charge is 0.468 e. The fourth-order valence-corrected chi connectivity index (χ4v) is 3.77. The molecule has 1 N–H and O–H groups in total. The van der Waals surface area contributed by atoms with Gasteiger partial charge in [-0.3, -0.25) is 4.79 Å². The van der Waals surface area contributed by atoms with Crippen LogP contribution in [0.1, 0.15) is 0 Å². The summed E-state index contributed by atoms with van der Waals surface area (Å²) in [5, 5.41) is 2.58. The minimum Gasteiger partial charge on any atom is -0.468 e. The van der Waals surface area contributed by atoms with Gasteiger partial charge in [0.1, 0.15) is 6.54 Å². The van der Waals surface area contributed by atoms with Crippen LogP contribution in [0.2, 0.25) is 0 Å². The summed E-state index contributed by atoms with van der Waals surface area (Å²) in [6.45, 7) is 2.32. The van der Waals surface area contributed by atoms with Crippen molar-refractivity contribution in [3.05, 3.63) is 41.0 Å². The molecule has 0 radical (unpaired) electrons. The fourth-order valence-electron chi connectivity index (χ4n) is 3.42. The molecule has 1 saturated heterocycles. The van der Waals surface area contributed by atoms with Crippen molar-refractivity contribution in [3.63, 3.8) is 0 Å². The number of benzene rings is 1. The minimum atomic E-state index is -0.464. The van der Waals surface area contributed by atoms with Crippen LogP contribution in [0, 0.1) is 0 Å². The molecule has 1 fully saturated rings. The number of carbonyl (C=O) groups excluding carboxylic acids is 2. The summed E-state index contributed by atoms with van der Waals surface area (Å²) in [5.74, 6) is 0.444. The molecule has 28 heavy (non-hydrogen) atoms. The van der Waals surface area contributed by atoms with E-state index in [1.54, 1.807) is 4.90 Å². The van der Waals surface area contributed by atoms with Crippen molar-refractivity contribution in [2.75, 3.05) is 44.7 Å². The lowest BCUT2D eigenvalue weighted by atomic mass is 10.2. The van der Waals surface area contributed by atoms with Crippen LogP contribution >= 0.6 is 15.9 Å². The van der Waals surface area contributed by atoms with Crippen molar-refractivity contribution in [2.45, 2.75) is 0 Å². The summed E-state index contributed by atoms with van der Waals surface area (Å²) in [6.07, 6.45) is 2.03. The van der Waals surface area contributed by atoms with Crippen molar-refractivity contribution < 1.29 is 14.3 Å². The molecule has 0 spiro atoms. The topological polar surface area (TPSA) is 79.2 Å². The second kappa shape index (κ2) is 7.67. The molecule has 4 rings (SSSR count). The number of nitrogens with zero attached hydrogens (tertiary/aromatic N) is 4. The molecule has 8 nitrogen and oxygen atoms in total. The van der Waals surface area contributed by atoms with Crippen molar-refractivity contribution in [3.8, 4) is 0 Å². The lowest BCUT2D eigenvalue weighted by Crippen LogP contribution is -2.52. The monoisotopic (exact) mass is 445 g/mol. The summed E-state index contributed by atoms with van der Waals surface area (Å²) in [4.78, 5) is 32.2. The summed E-state index contributed by atoms with van der Waals surface area (Å²) in [6, 6.07) is 9.88. The van der Waals surface area contributed by atoms with Crippen LogP contribution in [0.15, 0.2) is 41.0 Å². The molecule has 9 heteroatoms. The lowest BCUT2D eigenvalue weighted by Gasteiger charge is -2.35. The molecule has 2 aromatic heterocycles. The lowest BCUT2D eigenvalue weighted by molar-refractivity contribution is -0.139. The maximum atomic E-state index is 12.2. The number of hydrogen-bond acceptors (Lipinski definition) is 5. The molecule has 2 amide bonds. The standard InChI is InChI=1S/C19H20BrN5O3/c1-28-17(26)12-21-19(27)24-9-7-23(8-10-24)18-16-3-2-6-25(16)15-5-4-13(20)11-14(15)22-18/h2-6,11H,7-10,12H2,1H3,(H,21,27). The number of anilines is 1. The number of piperazine rings is 1. The first kappa shape index (κ1) is 18.5. The summed E-state index contributed by atoms with van der Waals surface area (Å²) < 4.78 is 7.67. The quantitative estimate of drug-likeness (QED) is 0.625. The average Bonchev–Trinajstić information content (AvgIpc) is 3.21. The number of halogens is 1. The zero-order chi connectivity index (χ0) is 19.7. The third-order valence-electron chi connectivity index (χ3n) is 4.88. The first-order valence-electron chi connectivity index (χ1n) is 8.97. The molecule has 0 bridgehead atoms. The van der Waals surface area contributed by atoms with Crippen LogP contribution in [0.4, 0.5) is 10.6 Å². The van der Waals surface area contributed by atoms with E-state index in [1.807, 2.05) is 30.5 Å². The summed E-state index contributed by atoms with van der Waals surface area (Å²) in [7, 11) is 1.30. The van der Waals surface area contributed by atoms with Crippen LogP contribution in [-0.4, -0.2) is 66.1 Å². The number of hydrogen-bond donors (Lipinski definition) is 1. The van der Waals surface area contributed by atoms with Crippen molar-refractivity contribution in [2.24, 2.45) is 0 Å². The molecule has 3 heterocycles. The predicted octanol–water partition coefficient (Wildman–Crippen LogP) is 2.25. The smallest absolute Gasteiger partial charge is 0.325 e. The second-order valence-electron chi connectivity index (χ2n) is 6.54. The Kier molecular flexibility index (Phi) is 5.08. The maximum Gasteiger partial charge on any atom is 0.325 e. The number of esters is 1. The van der Waals surface area contributed by atoms with E-state index in [4.69, 9.17) is 4.98 Å². The number of carbonyl (C=O) groups is 2. The molecular formula is C19H20BrN5O3. The third-order valence-corrected chi connectivity index (χ3v) is 5.37. The zero-order valence-corrected chi connectivity index (χ0v) is 17.0.